The molecule has 0 bridgehead atoms. The van der Waals surface area contributed by atoms with Crippen LogP contribution in [-0.2, 0) is 25.9 Å². The summed E-state index contributed by atoms with van der Waals surface area (Å²) in [5.74, 6) is 0. The Morgan fingerprint density at radius 3 is 1.58 bits per heavy atom. The Kier molecular flexibility index (Phi) is 6.54. The lowest BCUT2D eigenvalue weighted by molar-refractivity contribution is -0.703. The monoisotopic (exact) mass is 346 g/mol. The lowest BCUT2D eigenvalue weighted by atomic mass is 10.0. The Balaban J connectivity index is 1.48. The number of aromatic nitrogens is 2. The molecule has 0 aliphatic rings. The van der Waals surface area contributed by atoms with Crippen LogP contribution in [0.1, 0.15) is 35.4 Å². The van der Waals surface area contributed by atoms with E-state index in [1.807, 2.05) is 0 Å². The van der Waals surface area contributed by atoms with Crippen LogP contribution in [0.2, 0.25) is 0 Å². The summed E-state index contributed by atoms with van der Waals surface area (Å²) in [6, 6.07) is 21.9. The summed E-state index contributed by atoms with van der Waals surface area (Å²) in [4.78, 5) is 0. The average molecular weight is 347 g/mol. The van der Waals surface area contributed by atoms with Gasteiger partial charge in [0.1, 0.15) is 13.1 Å². The number of hydrogen-bond donors (Lipinski definition) is 0. The first-order valence-corrected chi connectivity index (χ1v) is 9.70. The Hall–Kier alpha value is -2.48. The van der Waals surface area contributed by atoms with E-state index in [9.17, 15) is 0 Å². The summed E-state index contributed by atoms with van der Waals surface area (Å²) in [5.41, 5.74) is 5.57. The molecule has 2 aromatic heterocycles. The Bertz CT molecular complexity index is 772. The maximum Gasteiger partial charge on any atom is 0.178 e. The first-order chi connectivity index (χ1) is 12.7. The lowest BCUT2D eigenvalue weighted by Crippen LogP contribution is -2.36. The topological polar surface area (TPSA) is 7.76 Å². The molecule has 3 rings (SSSR count). The standard InChI is InChI=1S/C24H30N2/c1-21-10-3-5-16-25(21)18-8-14-23-12-7-13-24(20-23)15-9-19-26-17-6-4-11-22(26)2/h3-7,10-13,16-17,20H,8-9,14-15,18-19H2,1-2H3/q+2. The Labute approximate surface area is 157 Å². The maximum absolute atomic E-state index is 2.39. The van der Waals surface area contributed by atoms with Gasteiger partial charge in [0.05, 0.1) is 0 Å². The molecule has 0 unspecified atom stereocenters. The summed E-state index contributed by atoms with van der Waals surface area (Å²) >= 11 is 0. The van der Waals surface area contributed by atoms with Gasteiger partial charge in [0.2, 0.25) is 0 Å². The Morgan fingerprint density at radius 1 is 0.615 bits per heavy atom. The van der Waals surface area contributed by atoms with Gasteiger partial charge in [-0.05, 0) is 24.0 Å². The molecular formula is C24H30N2+2. The van der Waals surface area contributed by atoms with Crippen LogP contribution in [0.25, 0.3) is 0 Å². The highest BCUT2D eigenvalue weighted by Gasteiger charge is 2.06. The minimum atomic E-state index is 1.08. The number of benzene rings is 1. The minimum absolute atomic E-state index is 1.08. The lowest BCUT2D eigenvalue weighted by Gasteiger charge is -2.05. The van der Waals surface area contributed by atoms with Gasteiger partial charge >= 0.3 is 0 Å². The normalized spacial score (nSPS) is 10.8. The summed E-state index contributed by atoms with van der Waals surface area (Å²) in [6.45, 7) is 6.52. The molecular weight excluding hydrogens is 316 g/mol. The predicted molar refractivity (Wildman–Crippen MR) is 106 cm³/mol. The van der Waals surface area contributed by atoms with Crippen molar-refractivity contribution in [3.63, 3.8) is 0 Å². The van der Waals surface area contributed by atoms with E-state index in [4.69, 9.17) is 0 Å². The molecule has 2 heterocycles. The molecule has 0 saturated carbocycles. The molecule has 134 valence electrons. The van der Waals surface area contributed by atoms with E-state index in [0.29, 0.717) is 0 Å². The van der Waals surface area contributed by atoms with Crippen molar-refractivity contribution < 1.29 is 9.13 Å². The number of pyridine rings is 2. The van der Waals surface area contributed by atoms with E-state index in [-0.39, 0.29) is 0 Å². The molecule has 0 fully saturated rings. The number of aryl methyl sites for hydroxylation is 6. The molecule has 0 spiro atoms. The largest absolute Gasteiger partial charge is 0.203 e. The highest BCUT2D eigenvalue weighted by molar-refractivity contribution is 5.23. The number of hydrogen-bond acceptors (Lipinski definition) is 0. The SMILES string of the molecule is Cc1cccc[n+]1CCCc1cccc(CCC[n+]2ccccc2C)c1. The minimum Gasteiger partial charge on any atom is -0.203 e. The van der Waals surface area contributed by atoms with E-state index in [2.05, 4.69) is 96.0 Å². The fourth-order valence-corrected chi connectivity index (χ4v) is 3.47. The molecule has 0 aliphatic heterocycles. The molecule has 1 aromatic carbocycles. The molecule has 0 N–H and O–H groups in total. The fourth-order valence-electron chi connectivity index (χ4n) is 3.47. The van der Waals surface area contributed by atoms with Gasteiger partial charge in [-0.25, -0.2) is 9.13 Å². The molecule has 0 saturated heterocycles. The molecule has 0 amide bonds. The molecule has 26 heavy (non-hydrogen) atoms. The second kappa shape index (κ2) is 9.28. The molecule has 2 heteroatoms. The predicted octanol–water partition coefficient (Wildman–Crippen LogP) is 4.14. The molecule has 3 aromatic rings. The summed E-state index contributed by atoms with van der Waals surface area (Å²) in [6.07, 6.45) is 8.99. The van der Waals surface area contributed by atoms with Crippen LogP contribution < -0.4 is 9.13 Å². The smallest absolute Gasteiger partial charge is 0.178 e. The fraction of sp³-hybridized carbons (Fsp3) is 0.333. The maximum atomic E-state index is 2.39. The third kappa shape index (κ3) is 5.26. The van der Waals surface area contributed by atoms with Crippen molar-refractivity contribution in [1.29, 1.82) is 0 Å². The van der Waals surface area contributed by atoms with Crippen molar-refractivity contribution in [2.75, 3.05) is 0 Å². The molecule has 0 radical (unpaired) electrons. The molecule has 0 atom stereocenters. The van der Waals surface area contributed by atoms with Gasteiger partial charge in [-0.2, -0.15) is 0 Å². The van der Waals surface area contributed by atoms with Gasteiger partial charge in [0.15, 0.2) is 23.8 Å². The number of rotatable bonds is 8. The van der Waals surface area contributed by atoms with Gasteiger partial charge in [-0.1, -0.05) is 36.4 Å². The third-order valence-electron chi connectivity index (χ3n) is 5.06. The van der Waals surface area contributed by atoms with Crippen LogP contribution in [0.4, 0.5) is 0 Å². The van der Waals surface area contributed by atoms with Crippen LogP contribution in [-0.4, -0.2) is 0 Å². The van der Waals surface area contributed by atoms with E-state index < -0.39 is 0 Å². The van der Waals surface area contributed by atoms with E-state index in [0.717, 1.165) is 25.9 Å². The third-order valence-corrected chi connectivity index (χ3v) is 5.06. The highest BCUT2D eigenvalue weighted by Crippen LogP contribution is 2.10. The summed E-state index contributed by atoms with van der Waals surface area (Å²) in [5, 5.41) is 0. The first kappa shape index (κ1) is 18.3. The van der Waals surface area contributed by atoms with E-state index in [1.54, 1.807) is 0 Å². The van der Waals surface area contributed by atoms with Crippen LogP contribution >= 0.6 is 0 Å². The van der Waals surface area contributed by atoms with Gasteiger partial charge in [-0.3, -0.25) is 0 Å². The summed E-state index contributed by atoms with van der Waals surface area (Å²) in [7, 11) is 0. The second-order valence-electron chi connectivity index (χ2n) is 7.10. The zero-order valence-electron chi connectivity index (χ0n) is 16.1. The average Bonchev–Trinajstić information content (AvgIpc) is 2.65. The zero-order valence-corrected chi connectivity index (χ0v) is 16.1. The zero-order chi connectivity index (χ0) is 18.2. The van der Waals surface area contributed by atoms with Crippen molar-refractivity contribution in [3.05, 3.63) is 95.6 Å². The van der Waals surface area contributed by atoms with Gasteiger partial charge in [0.25, 0.3) is 0 Å². The van der Waals surface area contributed by atoms with Crippen molar-refractivity contribution in [2.24, 2.45) is 0 Å². The van der Waals surface area contributed by atoms with Crippen molar-refractivity contribution in [3.8, 4) is 0 Å². The first-order valence-electron chi connectivity index (χ1n) is 9.70. The molecule has 0 aliphatic carbocycles. The highest BCUT2D eigenvalue weighted by atomic mass is 14.9. The molecule has 2 nitrogen and oxygen atoms in total. The van der Waals surface area contributed by atoms with Crippen molar-refractivity contribution >= 4 is 0 Å². The van der Waals surface area contributed by atoms with E-state index >= 15 is 0 Å². The van der Waals surface area contributed by atoms with Crippen LogP contribution in [0.15, 0.2) is 73.1 Å². The van der Waals surface area contributed by atoms with Crippen molar-refractivity contribution in [2.45, 2.75) is 52.6 Å². The van der Waals surface area contributed by atoms with Crippen molar-refractivity contribution in [1.82, 2.24) is 0 Å². The Morgan fingerprint density at radius 2 is 1.12 bits per heavy atom. The van der Waals surface area contributed by atoms with Crippen LogP contribution in [0.5, 0.6) is 0 Å². The quantitative estimate of drug-likeness (QED) is 0.542. The van der Waals surface area contributed by atoms with Crippen LogP contribution in [0.3, 0.4) is 0 Å². The second-order valence-corrected chi connectivity index (χ2v) is 7.10. The van der Waals surface area contributed by atoms with Gasteiger partial charge in [-0.15, -0.1) is 0 Å². The van der Waals surface area contributed by atoms with E-state index in [1.165, 1.54) is 35.4 Å². The van der Waals surface area contributed by atoms with Gasteiger partial charge in [0, 0.05) is 51.0 Å². The van der Waals surface area contributed by atoms with Crippen LogP contribution in [0, 0.1) is 13.8 Å². The van der Waals surface area contributed by atoms with Gasteiger partial charge < -0.3 is 0 Å². The summed E-state index contributed by atoms with van der Waals surface area (Å²) < 4.78 is 4.67. The number of nitrogens with zero attached hydrogens (tertiary/aromatic N) is 2.